The van der Waals surface area contributed by atoms with Crippen LogP contribution in [0.2, 0.25) is 10.2 Å². The van der Waals surface area contributed by atoms with Gasteiger partial charge in [-0.05, 0) is 29.8 Å². The Morgan fingerprint density at radius 2 is 1.89 bits per heavy atom. The Hall–Kier alpha value is -1.98. The minimum Gasteiger partial charge on any atom is -0.428 e. The molecule has 0 unspecified atom stereocenters. The Kier molecular flexibility index (Phi) is 2.73. The Labute approximate surface area is 116 Å². The van der Waals surface area contributed by atoms with Crippen molar-refractivity contribution in [1.82, 2.24) is 9.55 Å². The number of hydrogen-bond donors (Lipinski definition) is 1. The summed E-state index contributed by atoms with van der Waals surface area (Å²) in [5, 5.41) is 0.557. The van der Waals surface area contributed by atoms with Crippen LogP contribution in [0.5, 0.6) is 0 Å². The van der Waals surface area contributed by atoms with E-state index < -0.39 is 11.2 Å². The molecule has 0 amide bonds. The number of furan rings is 1. The highest BCUT2D eigenvalue weighted by molar-refractivity contribution is 6.35. The summed E-state index contributed by atoms with van der Waals surface area (Å²) in [6, 6.07) is 7.70. The van der Waals surface area contributed by atoms with E-state index in [1.54, 1.807) is 18.2 Å². The fraction of sp³-hybridized carbons (Fsp3) is 0. The lowest BCUT2D eigenvalue weighted by Gasteiger charge is -2.04. The maximum atomic E-state index is 12.3. The normalized spacial score (nSPS) is 11.1. The van der Waals surface area contributed by atoms with Crippen molar-refractivity contribution >= 4 is 34.1 Å². The van der Waals surface area contributed by atoms with Crippen LogP contribution in [0.4, 0.5) is 0 Å². The van der Waals surface area contributed by atoms with Crippen LogP contribution < -0.4 is 11.2 Å². The number of halogens is 2. The van der Waals surface area contributed by atoms with Crippen molar-refractivity contribution < 1.29 is 4.42 Å². The monoisotopic (exact) mass is 296 g/mol. The van der Waals surface area contributed by atoms with Crippen LogP contribution in [0.25, 0.3) is 16.8 Å². The molecule has 96 valence electrons. The van der Waals surface area contributed by atoms with E-state index in [0.29, 0.717) is 5.52 Å². The van der Waals surface area contributed by atoms with Gasteiger partial charge >= 0.3 is 5.69 Å². The second kappa shape index (κ2) is 4.29. The van der Waals surface area contributed by atoms with Gasteiger partial charge in [-0.1, -0.05) is 17.7 Å². The highest BCUT2D eigenvalue weighted by Crippen LogP contribution is 2.19. The molecule has 0 aliphatic heterocycles. The van der Waals surface area contributed by atoms with Crippen LogP contribution in [0, 0.1) is 0 Å². The molecule has 5 nitrogen and oxygen atoms in total. The van der Waals surface area contributed by atoms with E-state index in [-0.39, 0.29) is 21.5 Å². The van der Waals surface area contributed by atoms with Gasteiger partial charge in [0.05, 0.1) is 15.9 Å². The molecule has 0 fully saturated rings. The highest BCUT2D eigenvalue weighted by atomic mass is 35.5. The van der Waals surface area contributed by atoms with Crippen molar-refractivity contribution in [1.29, 1.82) is 0 Å². The van der Waals surface area contributed by atoms with E-state index in [2.05, 4.69) is 4.98 Å². The highest BCUT2D eigenvalue weighted by Gasteiger charge is 2.14. The molecule has 0 aliphatic carbocycles. The Morgan fingerprint density at radius 3 is 2.58 bits per heavy atom. The summed E-state index contributed by atoms with van der Waals surface area (Å²) in [4.78, 5) is 26.8. The summed E-state index contributed by atoms with van der Waals surface area (Å²) >= 11 is 11.6. The number of nitrogens with one attached hydrogen (secondary N) is 1. The predicted octanol–water partition coefficient (Wildman–Crippen LogP) is 2.58. The zero-order chi connectivity index (χ0) is 13.6. The minimum absolute atomic E-state index is 0.0399. The number of H-pyrrole nitrogens is 1. The molecule has 1 aromatic carbocycles. The largest absolute Gasteiger partial charge is 0.428 e. The van der Waals surface area contributed by atoms with Gasteiger partial charge in [-0.2, -0.15) is 4.57 Å². The SMILES string of the molecule is O=c1[nH]c2cccc(Cl)c2c(=O)n1-c1ccc(Cl)o1. The number of aromatic amines is 1. The van der Waals surface area contributed by atoms with Crippen molar-refractivity contribution in [2.24, 2.45) is 0 Å². The number of nitrogens with zero attached hydrogens (tertiary/aromatic N) is 1. The third kappa shape index (κ3) is 1.87. The lowest BCUT2D eigenvalue weighted by Crippen LogP contribution is -2.33. The van der Waals surface area contributed by atoms with E-state index >= 15 is 0 Å². The summed E-state index contributed by atoms with van der Waals surface area (Å²) in [5.41, 5.74) is -0.808. The Morgan fingerprint density at radius 1 is 1.11 bits per heavy atom. The molecule has 0 bridgehead atoms. The maximum absolute atomic E-state index is 12.3. The topological polar surface area (TPSA) is 68.0 Å². The molecule has 2 heterocycles. The Bertz CT molecular complexity index is 892. The van der Waals surface area contributed by atoms with Crippen molar-refractivity contribution in [2.75, 3.05) is 0 Å². The minimum atomic E-state index is -0.620. The molecular formula is C12H6Cl2N2O3. The van der Waals surface area contributed by atoms with Gasteiger partial charge in [-0.15, -0.1) is 0 Å². The van der Waals surface area contributed by atoms with Gasteiger partial charge in [0.25, 0.3) is 5.56 Å². The summed E-state index contributed by atoms with van der Waals surface area (Å²) in [7, 11) is 0. The fourth-order valence-corrected chi connectivity index (χ4v) is 2.24. The van der Waals surface area contributed by atoms with E-state index in [4.69, 9.17) is 27.6 Å². The Balaban J connectivity index is 2.47. The van der Waals surface area contributed by atoms with Crippen LogP contribution in [-0.2, 0) is 0 Å². The van der Waals surface area contributed by atoms with Crippen LogP contribution in [0.3, 0.4) is 0 Å². The van der Waals surface area contributed by atoms with Gasteiger partial charge in [0.15, 0.2) is 5.22 Å². The first kappa shape index (κ1) is 12.1. The van der Waals surface area contributed by atoms with Gasteiger partial charge in [-0.25, -0.2) is 4.79 Å². The fourth-order valence-electron chi connectivity index (χ4n) is 1.85. The molecule has 7 heteroatoms. The van der Waals surface area contributed by atoms with Crippen LogP contribution in [0.15, 0.2) is 44.3 Å². The molecule has 0 radical (unpaired) electrons. The van der Waals surface area contributed by atoms with Gasteiger partial charge in [0.2, 0.25) is 5.88 Å². The molecule has 1 N–H and O–H groups in total. The first-order valence-corrected chi connectivity index (χ1v) is 6.03. The van der Waals surface area contributed by atoms with Gasteiger partial charge in [-0.3, -0.25) is 4.79 Å². The zero-order valence-electron chi connectivity index (χ0n) is 9.31. The molecule has 3 aromatic rings. The smallest absolute Gasteiger partial charge is 0.335 e. The summed E-state index contributed by atoms with van der Waals surface area (Å²) in [6.07, 6.45) is 0. The van der Waals surface area contributed by atoms with Crippen molar-refractivity contribution in [3.8, 4) is 5.88 Å². The maximum Gasteiger partial charge on any atom is 0.335 e. The first-order valence-electron chi connectivity index (χ1n) is 5.27. The molecule has 19 heavy (non-hydrogen) atoms. The van der Waals surface area contributed by atoms with E-state index in [0.717, 1.165) is 4.57 Å². The van der Waals surface area contributed by atoms with Gasteiger partial charge in [0, 0.05) is 6.07 Å². The van der Waals surface area contributed by atoms with E-state index in [9.17, 15) is 9.59 Å². The molecule has 3 rings (SSSR count). The zero-order valence-corrected chi connectivity index (χ0v) is 10.8. The molecule has 0 saturated carbocycles. The predicted molar refractivity (Wildman–Crippen MR) is 72.5 cm³/mol. The third-order valence-corrected chi connectivity index (χ3v) is 3.17. The number of aromatic nitrogens is 2. The standard InChI is InChI=1S/C12H6Cl2N2O3/c13-6-2-1-3-7-10(6)11(17)16(12(18)15-7)9-5-4-8(14)19-9/h1-5H,(H,15,18). The van der Waals surface area contributed by atoms with Crippen LogP contribution in [-0.4, -0.2) is 9.55 Å². The average molecular weight is 297 g/mol. The summed E-state index contributed by atoms with van der Waals surface area (Å²) in [6.45, 7) is 0. The molecule has 0 aliphatic rings. The number of fused-ring (bicyclic) bond motifs is 1. The van der Waals surface area contributed by atoms with Crippen LogP contribution >= 0.6 is 23.2 Å². The third-order valence-electron chi connectivity index (χ3n) is 2.65. The molecule has 0 spiro atoms. The van der Waals surface area contributed by atoms with Gasteiger partial charge in [0.1, 0.15) is 0 Å². The van der Waals surface area contributed by atoms with Crippen molar-refractivity contribution in [3.63, 3.8) is 0 Å². The van der Waals surface area contributed by atoms with Crippen LogP contribution in [0.1, 0.15) is 0 Å². The number of rotatable bonds is 1. The quantitative estimate of drug-likeness (QED) is 0.750. The molecule has 0 atom stereocenters. The summed E-state index contributed by atoms with van der Waals surface area (Å²) in [5.74, 6) is 0.0399. The van der Waals surface area contributed by atoms with Gasteiger partial charge < -0.3 is 9.40 Å². The second-order valence-corrected chi connectivity index (χ2v) is 4.59. The second-order valence-electron chi connectivity index (χ2n) is 3.81. The first-order chi connectivity index (χ1) is 9.08. The van der Waals surface area contributed by atoms with E-state index in [1.165, 1.54) is 12.1 Å². The lowest BCUT2D eigenvalue weighted by molar-refractivity contribution is 0.530. The summed E-state index contributed by atoms with van der Waals surface area (Å²) < 4.78 is 5.93. The van der Waals surface area contributed by atoms with Crippen molar-refractivity contribution in [3.05, 3.63) is 61.4 Å². The molecular weight excluding hydrogens is 291 g/mol. The number of hydrogen-bond acceptors (Lipinski definition) is 3. The van der Waals surface area contributed by atoms with Crippen molar-refractivity contribution in [2.45, 2.75) is 0 Å². The molecule has 2 aromatic heterocycles. The number of benzene rings is 1. The lowest BCUT2D eigenvalue weighted by atomic mass is 10.2. The average Bonchev–Trinajstić information content (AvgIpc) is 2.75. The molecule has 0 saturated heterocycles. The van der Waals surface area contributed by atoms with E-state index in [1.807, 2.05) is 0 Å².